The first-order valence-electron chi connectivity index (χ1n) is 7.60. The topological polar surface area (TPSA) is 34.1 Å². The van der Waals surface area contributed by atoms with Crippen LogP contribution in [-0.4, -0.2) is 18.1 Å². The highest BCUT2D eigenvalue weighted by molar-refractivity contribution is 7.09. The molecule has 0 amide bonds. The van der Waals surface area contributed by atoms with Gasteiger partial charge in [-0.1, -0.05) is 26.0 Å². The third-order valence-electron chi connectivity index (χ3n) is 3.25. The van der Waals surface area contributed by atoms with E-state index in [-0.39, 0.29) is 0 Å². The summed E-state index contributed by atoms with van der Waals surface area (Å²) in [6, 6.07) is 8.73. The van der Waals surface area contributed by atoms with Crippen LogP contribution >= 0.6 is 11.3 Å². The maximum atomic E-state index is 5.64. The van der Waals surface area contributed by atoms with Gasteiger partial charge in [0.15, 0.2) is 0 Å². The molecule has 0 saturated heterocycles. The maximum Gasteiger partial charge on any atom is 0.119 e. The molecule has 1 aromatic carbocycles. The quantitative estimate of drug-likeness (QED) is 0.796. The van der Waals surface area contributed by atoms with Gasteiger partial charge in [0.05, 0.1) is 11.6 Å². The van der Waals surface area contributed by atoms with Gasteiger partial charge in [-0.25, -0.2) is 4.98 Å². The number of nitrogens with zero attached hydrogens (tertiary/aromatic N) is 1. The van der Waals surface area contributed by atoms with E-state index in [9.17, 15) is 0 Å². The molecule has 0 fully saturated rings. The Morgan fingerprint density at radius 1 is 1.24 bits per heavy atom. The van der Waals surface area contributed by atoms with Crippen LogP contribution in [0, 0.1) is 6.92 Å². The van der Waals surface area contributed by atoms with E-state index < -0.39 is 0 Å². The number of benzene rings is 1. The molecule has 21 heavy (non-hydrogen) atoms. The molecule has 1 heterocycles. The molecule has 0 bridgehead atoms. The average Bonchev–Trinajstić information content (AvgIpc) is 2.90. The van der Waals surface area contributed by atoms with E-state index in [1.54, 1.807) is 11.3 Å². The molecule has 0 spiro atoms. The Morgan fingerprint density at radius 2 is 2.00 bits per heavy atom. The molecular formula is C17H24N2OS. The number of hydrogen-bond acceptors (Lipinski definition) is 4. The molecule has 0 aliphatic heterocycles. The molecule has 0 aliphatic rings. The van der Waals surface area contributed by atoms with Gasteiger partial charge in [-0.15, -0.1) is 11.3 Å². The minimum absolute atomic E-state index is 0.306. The van der Waals surface area contributed by atoms with Gasteiger partial charge in [0.2, 0.25) is 0 Å². The summed E-state index contributed by atoms with van der Waals surface area (Å²) in [5.41, 5.74) is 2.39. The fourth-order valence-corrected chi connectivity index (χ4v) is 3.06. The molecule has 0 aliphatic carbocycles. The number of aromatic nitrogens is 1. The Balaban J connectivity index is 2.06. The monoisotopic (exact) mass is 304 g/mol. The number of ether oxygens (including phenoxy) is 1. The molecule has 4 heteroatoms. The summed E-state index contributed by atoms with van der Waals surface area (Å²) in [5.74, 6) is 0.945. The van der Waals surface area contributed by atoms with E-state index in [1.807, 2.05) is 6.92 Å². The summed E-state index contributed by atoms with van der Waals surface area (Å²) < 4.78 is 5.64. The average molecular weight is 304 g/mol. The van der Waals surface area contributed by atoms with Crippen molar-refractivity contribution in [3.63, 3.8) is 0 Å². The predicted octanol–water partition coefficient (Wildman–Crippen LogP) is 4.13. The molecule has 1 atom stereocenters. The Labute approximate surface area is 131 Å². The lowest BCUT2D eigenvalue weighted by molar-refractivity contribution is 0.317. The van der Waals surface area contributed by atoms with Crippen molar-refractivity contribution < 1.29 is 4.74 Å². The van der Waals surface area contributed by atoms with Crippen LogP contribution in [0.2, 0.25) is 0 Å². The van der Waals surface area contributed by atoms with E-state index in [4.69, 9.17) is 4.74 Å². The van der Waals surface area contributed by atoms with Gasteiger partial charge in [0.1, 0.15) is 5.75 Å². The van der Waals surface area contributed by atoms with Crippen molar-refractivity contribution in [3.8, 4) is 5.75 Å². The SMILES string of the molecule is CCCOc1ccc(C(Cc2nc(C)cs2)NCC)cc1. The van der Waals surface area contributed by atoms with E-state index in [0.717, 1.165) is 37.4 Å². The second kappa shape index (κ2) is 8.15. The third kappa shape index (κ3) is 4.83. The molecule has 1 aromatic heterocycles. The minimum atomic E-state index is 0.306. The van der Waals surface area contributed by atoms with Crippen molar-refractivity contribution in [3.05, 3.63) is 45.9 Å². The van der Waals surface area contributed by atoms with E-state index >= 15 is 0 Å². The number of nitrogens with one attached hydrogen (secondary N) is 1. The summed E-state index contributed by atoms with van der Waals surface area (Å²) in [6.07, 6.45) is 1.96. The van der Waals surface area contributed by atoms with Crippen LogP contribution in [0.3, 0.4) is 0 Å². The second-order valence-electron chi connectivity index (χ2n) is 5.11. The van der Waals surface area contributed by atoms with Crippen molar-refractivity contribution >= 4 is 11.3 Å². The predicted molar refractivity (Wildman–Crippen MR) is 89.2 cm³/mol. The third-order valence-corrected chi connectivity index (χ3v) is 4.24. The zero-order chi connectivity index (χ0) is 15.1. The number of rotatable bonds is 8. The molecule has 2 aromatic rings. The smallest absolute Gasteiger partial charge is 0.119 e. The molecule has 2 rings (SSSR count). The lowest BCUT2D eigenvalue weighted by Crippen LogP contribution is -2.22. The summed E-state index contributed by atoms with van der Waals surface area (Å²) in [6.45, 7) is 8.02. The second-order valence-corrected chi connectivity index (χ2v) is 6.06. The zero-order valence-corrected chi connectivity index (χ0v) is 13.9. The van der Waals surface area contributed by atoms with Gasteiger partial charge in [0, 0.05) is 23.5 Å². The summed E-state index contributed by atoms with van der Waals surface area (Å²) in [4.78, 5) is 4.57. The van der Waals surface area contributed by atoms with Crippen LogP contribution in [0.25, 0.3) is 0 Å². The zero-order valence-electron chi connectivity index (χ0n) is 13.1. The highest BCUT2D eigenvalue weighted by Crippen LogP contribution is 2.23. The van der Waals surface area contributed by atoms with Crippen LogP contribution < -0.4 is 10.1 Å². The van der Waals surface area contributed by atoms with E-state index in [0.29, 0.717) is 6.04 Å². The lowest BCUT2D eigenvalue weighted by Gasteiger charge is -2.17. The number of likely N-dealkylation sites (N-methyl/N-ethyl adjacent to an activating group) is 1. The Morgan fingerprint density at radius 3 is 2.57 bits per heavy atom. The summed E-state index contributed by atoms with van der Waals surface area (Å²) in [7, 11) is 0. The fraction of sp³-hybridized carbons (Fsp3) is 0.471. The van der Waals surface area contributed by atoms with Crippen molar-refractivity contribution in [2.45, 2.75) is 39.7 Å². The van der Waals surface area contributed by atoms with Crippen molar-refractivity contribution in [2.24, 2.45) is 0 Å². The van der Waals surface area contributed by atoms with Crippen LogP contribution in [0.4, 0.5) is 0 Å². The molecule has 1 unspecified atom stereocenters. The normalized spacial score (nSPS) is 12.3. The van der Waals surface area contributed by atoms with Crippen LogP contribution in [0.5, 0.6) is 5.75 Å². The Kier molecular flexibility index (Phi) is 6.21. The molecule has 0 saturated carbocycles. The Hall–Kier alpha value is -1.39. The van der Waals surface area contributed by atoms with Gasteiger partial charge in [-0.05, 0) is 37.6 Å². The summed E-state index contributed by atoms with van der Waals surface area (Å²) in [5, 5.41) is 6.84. The number of hydrogen-bond donors (Lipinski definition) is 1. The van der Waals surface area contributed by atoms with Crippen molar-refractivity contribution in [2.75, 3.05) is 13.2 Å². The highest BCUT2D eigenvalue weighted by atomic mass is 32.1. The highest BCUT2D eigenvalue weighted by Gasteiger charge is 2.13. The fourth-order valence-electron chi connectivity index (χ4n) is 2.24. The van der Waals surface area contributed by atoms with E-state index in [2.05, 4.69) is 53.8 Å². The van der Waals surface area contributed by atoms with Gasteiger partial charge >= 0.3 is 0 Å². The van der Waals surface area contributed by atoms with Gasteiger partial charge < -0.3 is 10.1 Å². The first kappa shape index (κ1) is 16.0. The number of thiazole rings is 1. The van der Waals surface area contributed by atoms with E-state index in [1.165, 1.54) is 10.6 Å². The lowest BCUT2D eigenvalue weighted by atomic mass is 10.0. The van der Waals surface area contributed by atoms with Crippen LogP contribution in [0.1, 0.15) is 42.6 Å². The largest absolute Gasteiger partial charge is 0.494 e. The van der Waals surface area contributed by atoms with Gasteiger partial charge in [-0.2, -0.15) is 0 Å². The molecule has 0 radical (unpaired) electrons. The van der Waals surface area contributed by atoms with Crippen LogP contribution in [0.15, 0.2) is 29.6 Å². The number of aryl methyl sites for hydroxylation is 1. The molecular weight excluding hydrogens is 280 g/mol. The van der Waals surface area contributed by atoms with Crippen molar-refractivity contribution in [1.29, 1.82) is 0 Å². The first-order valence-corrected chi connectivity index (χ1v) is 8.48. The van der Waals surface area contributed by atoms with Crippen LogP contribution in [-0.2, 0) is 6.42 Å². The molecule has 1 N–H and O–H groups in total. The first-order chi connectivity index (χ1) is 10.2. The molecule has 114 valence electrons. The van der Waals surface area contributed by atoms with Gasteiger partial charge in [-0.3, -0.25) is 0 Å². The standard InChI is InChI=1S/C17H24N2OS/c1-4-10-20-15-8-6-14(7-9-15)16(18-5-2)11-17-19-13(3)12-21-17/h6-9,12,16,18H,4-5,10-11H2,1-3H3. The molecule has 3 nitrogen and oxygen atoms in total. The maximum absolute atomic E-state index is 5.64. The summed E-state index contributed by atoms with van der Waals surface area (Å²) >= 11 is 1.74. The Bertz CT molecular complexity index is 536. The minimum Gasteiger partial charge on any atom is -0.494 e. The van der Waals surface area contributed by atoms with Gasteiger partial charge in [0.25, 0.3) is 0 Å². The van der Waals surface area contributed by atoms with Crippen molar-refractivity contribution in [1.82, 2.24) is 10.3 Å².